The minimum absolute atomic E-state index is 0.317. The standard InChI is InChI=1S/C13H19NO3S/c1-17-13-9-11(18(2,15)16)3-4-12(13)10-5-7-14-8-6-10/h3-4,9-10,14H,5-8H2,1-2H3. The average Bonchev–Trinajstić information content (AvgIpc) is 2.38. The van der Waals surface area contributed by atoms with Gasteiger partial charge in [-0.1, -0.05) is 6.07 Å². The third-order valence-electron chi connectivity index (χ3n) is 3.41. The zero-order valence-electron chi connectivity index (χ0n) is 10.8. The van der Waals surface area contributed by atoms with Crippen LogP contribution in [0.2, 0.25) is 0 Å². The molecular weight excluding hydrogens is 250 g/mol. The summed E-state index contributed by atoms with van der Waals surface area (Å²) in [5.41, 5.74) is 1.12. The van der Waals surface area contributed by atoms with Crippen LogP contribution in [0.1, 0.15) is 24.3 Å². The van der Waals surface area contributed by atoms with Crippen LogP contribution in [-0.4, -0.2) is 34.9 Å². The second-order valence-corrected chi connectivity index (χ2v) is 6.72. The van der Waals surface area contributed by atoms with Gasteiger partial charge in [-0.3, -0.25) is 0 Å². The van der Waals surface area contributed by atoms with Gasteiger partial charge in [0.15, 0.2) is 9.84 Å². The molecule has 0 spiro atoms. The molecule has 2 rings (SSSR count). The van der Waals surface area contributed by atoms with E-state index in [1.165, 1.54) is 6.26 Å². The van der Waals surface area contributed by atoms with Gasteiger partial charge in [-0.25, -0.2) is 8.42 Å². The molecule has 0 atom stereocenters. The van der Waals surface area contributed by atoms with Gasteiger partial charge in [0.05, 0.1) is 12.0 Å². The predicted molar refractivity (Wildman–Crippen MR) is 70.9 cm³/mol. The Labute approximate surface area is 108 Å². The topological polar surface area (TPSA) is 55.4 Å². The van der Waals surface area contributed by atoms with Crippen molar-refractivity contribution in [3.8, 4) is 5.75 Å². The van der Waals surface area contributed by atoms with E-state index in [2.05, 4.69) is 5.32 Å². The van der Waals surface area contributed by atoms with Gasteiger partial charge < -0.3 is 10.1 Å². The number of piperidine rings is 1. The van der Waals surface area contributed by atoms with Crippen LogP contribution in [0.15, 0.2) is 23.1 Å². The quantitative estimate of drug-likeness (QED) is 0.905. The molecular formula is C13H19NO3S. The van der Waals surface area contributed by atoms with E-state index in [0.717, 1.165) is 31.5 Å². The Bertz CT molecular complexity index is 519. The molecule has 18 heavy (non-hydrogen) atoms. The minimum atomic E-state index is -3.18. The van der Waals surface area contributed by atoms with E-state index in [0.29, 0.717) is 16.6 Å². The van der Waals surface area contributed by atoms with E-state index in [-0.39, 0.29) is 0 Å². The van der Waals surface area contributed by atoms with Crippen molar-refractivity contribution in [2.75, 3.05) is 26.5 Å². The molecule has 0 aromatic heterocycles. The molecule has 0 amide bonds. The fourth-order valence-corrected chi connectivity index (χ4v) is 3.03. The number of ether oxygens (including phenoxy) is 1. The monoisotopic (exact) mass is 269 g/mol. The van der Waals surface area contributed by atoms with Crippen molar-refractivity contribution in [2.24, 2.45) is 0 Å². The third-order valence-corrected chi connectivity index (χ3v) is 4.52. The summed E-state index contributed by atoms with van der Waals surface area (Å²) in [6.45, 7) is 2.00. The van der Waals surface area contributed by atoms with Crippen molar-refractivity contribution in [2.45, 2.75) is 23.7 Å². The summed E-state index contributed by atoms with van der Waals surface area (Å²) in [7, 11) is -1.59. The number of sulfone groups is 1. The molecule has 1 aliphatic rings. The lowest BCUT2D eigenvalue weighted by atomic mass is 9.89. The number of benzene rings is 1. The van der Waals surface area contributed by atoms with E-state index < -0.39 is 9.84 Å². The van der Waals surface area contributed by atoms with Gasteiger partial charge in [-0.2, -0.15) is 0 Å². The van der Waals surface area contributed by atoms with Crippen LogP contribution in [0.3, 0.4) is 0 Å². The first-order valence-electron chi connectivity index (χ1n) is 6.11. The summed E-state index contributed by atoms with van der Waals surface area (Å²) in [5.74, 6) is 1.14. The minimum Gasteiger partial charge on any atom is -0.496 e. The maximum Gasteiger partial charge on any atom is 0.175 e. The fraction of sp³-hybridized carbons (Fsp3) is 0.538. The highest BCUT2D eigenvalue weighted by Gasteiger charge is 2.20. The van der Waals surface area contributed by atoms with Crippen LogP contribution in [0.25, 0.3) is 0 Å². The number of hydrogen-bond acceptors (Lipinski definition) is 4. The largest absolute Gasteiger partial charge is 0.496 e. The van der Waals surface area contributed by atoms with Gasteiger partial charge in [0, 0.05) is 6.26 Å². The van der Waals surface area contributed by atoms with Crippen LogP contribution in [-0.2, 0) is 9.84 Å². The summed E-state index contributed by atoms with van der Waals surface area (Å²) < 4.78 is 28.4. The van der Waals surface area contributed by atoms with Crippen molar-refractivity contribution < 1.29 is 13.2 Å². The normalized spacial score (nSPS) is 17.7. The number of nitrogens with one attached hydrogen (secondary N) is 1. The van der Waals surface area contributed by atoms with Crippen LogP contribution < -0.4 is 10.1 Å². The summed E-state index contributed by atoms with van der Waals surface area (Å²) in [6, 6.07) is 5.20. The molecule has 1 saturated heterocycles. The van der Waals surface area contributed by atoms with E-state index in [1.807, 2.05) is 6.07 Å². The lowest BCUT2D eigenvalue weighted by Gasteiger charge is -2.24. The molecule has 0 radical (unpaired) electrons. The van der Waals surface area contributed by atoms with E-state index >= 15 is 0 Å². The zero-order valence-corrected chi connectivity index (χ0v) is 11.6. The van der Waals surface area contributed by atoms with Gasteiger partial charge in [0.2, 0.25) is 0 Å². The Balaban J connectivity index is 2.36. The molecule has 5 heteroatoms. The lowest BCUT2D eigenvalue weighted by Crippen LogP contribution is -2.26. The molecule has 0 saturated carbocycles. The van der Waals surface area contributed by atoms with E-state index in [4.69, 9.17) is 4.74 Å². The second-order valence-electron chi connectivity index (χ2n) is 4.70. The Morgan fingerprint density at radius 2 is 1.94 bits per heavy atom. The second kappa shape index (κ2) is 5.28. The molecule has 0 unspecified atom stereocenters. The van der Waals surface area contributed by atoms with Gasteiger partial charge in [-0.05, 0) is 49.5 Å². The van der Waals surface area contributed by atoms with Crippen molar-refractivity contribution in [1.82, 2.24) is 5.32 Å². The molecule has 100 valence electrons. The van der Waals surface area contributed by atoms with Crippen molar-refractivity contribution >= 4 is 9.84 Å². The first-order valence-corrected chi connectivity index (χ1v) is 8.00. The lowest BCUT2D eigenvalue weighted by molar-refractivity contribution is 0.390. The maximum atomic E-state index is 11.5. The molecule has 1 fully saturated rings. The van der Waals surface area contributed by atoms with Gasteiger partial charge in [-0.15, -0.1) is 0 Å². The fourth-order valence-electron chi connectivity index (χ4n) is 2.39. The number of rotatable bonds is 3. The number of methoxy groups -OCH3 is 1. The van der Waals surface area contributed by atoms with Crippen molar-refractivity contribution in [1.29, 1.82) is 0 Å². The highest BCUT2D eigenvalue weighted by Crippen LogP contribution is 2.34. The van der Waals surface area contributed by atoms with Crippen molar-refractivity contribution in [3.05, 3.63) is 23.8 Å². The molecule has 1 aromatic rings. The van der Waals surface area contributed by atoms with Gasteiger partial charge >= 0.3 is 0 Å². The maximum absolute atomic E-state index is 11.5. The molecule has 1 aliphatic heterocycles. The Morgan fingerprint density at radius 1 is 1.28 bits per heavy atom. The first kappa shape index (κ1) is 13.4. The van der Waals surface area contributed by atoms with Crippen molar-refractivity contribution in [3.63, 3.8) is 0 Å². The van der Waals surface area contributed by atoms with Crippen LogP contribution >= 0.6 is 0 Å². The smallest absolute Gasteiger partial charge is 0.175 e. The van der Waals surface area contributed by atoms with Gasteiger partial charge in [0.25, 0.3) is 0 Å². The molecule has 1 N–H and O–H groups in total. The average molecular weight is 269 g/mol. The zero-order chi connectivity index (χ0) is 13.2. The SMILES string of the molecule is COc1cc(S(C)(=O)=O)ccc1C1CCNCC1. The summed E-state index contributed by atoms with van der Waals surface area (Å²) >= 11 is 0. The highest BCUT2D eigenvalue weighted by molar-refractivity contribution is 7.90. The molecule has 1 heterocycles. The number of hydrogen-bond donors (Lipinski definition) is 1. The summed E-state index contributed by atoms with van der Waals surface area (Å²) in [5, 5.41) is 3.32. The van der Waals surface area contributed by atoms with Crippen LogP contribution in [0.5, 0.6) is 5.75 Å². The molecule has 4 nitrogen and oxygen atoms in total. The van der Waals surface area contributed by atoms with E-state index in [9.17, 15) is 8.42 Å². The first-order chi connectivity index (χ1) is 8.52. The third kappa shape index (κ3) is 2.84. The predicted octanol–water partition coefficient (Wildman–Crippen LogP) is 1.57. The summed E-state index contributed by atoms with van der Waals surface area (Å²) in [6.07, 6.45) is 3.34. The summed E-state index contributed by atoms with van der Waals surface area (Å²) in [4.78, 5) is 0.317. The van der Waals surface area contributed by atoms with Crippen LogP contribution in [0, 0.1) is 0 Å². The molecule has 0 aliphatic carbocycles. The van der Waals surface area contributed by atoms with E-state index in [1.54, 1.807) is 19.2 Å². The Kier molecular flexibility index (Phi) is 3.92. The molecule has 1 aromatic carbocycles. The Hall–Kier alpha value is -1.07. The van der Waals surface area contributed by atoms with Crippen LogP contribution in [0.4, 0.5) is 0 Å². The van der Waals surface area contributed by atoms with Gasteiger partial charge in [0.1, 0.15) is 5.75 Å². The Morgan fingerprint density at radius 3 is 2.50 bits per heavy atom. The molecule has 0 bridgehead atoms. The highest BCUT2D eigenvalue weighted by atomic mass is 32.2.